The van der Waals surface area contributed by atoms with E-state index in [1.165, 1.54) is 35.4 Å². The van der Waals surface area contributed by atoms with Crippen molar-refractivity contribution in [2.75, 3.05) is 5.32 Å². The molecular formula is C23H21ClFN5O4. The number of nitrogens with one attached hydrogen (secondary N) is 2. The molecule has 2 aliphatic rings. The lowest BCUT2D eigenvalue weighted by molar-refractivity contribution is -0.125. The number of halogens is 2. The number of piperidine rings is 1. The van der Waals surface area contributed by atoms with Gasteiger partial charge in [0.1, 0.15) is 17.6 Å². The SMILES string of the molecule is NC(=O)n1cc(NC(=O)N2[C@@H]3C[C@@H]3C[C@H]2C(=O)NCc2cccc(Cl)c2F)c2ccc(O)cc21. The fourth-order valence-electron chi connectivity index (χ4n) is 4.64. The highest BCUT2D eigenvalue weighted by molar-refractivity contribution is 6.30. The van der Waals surface area contributed by atoms with E-state index in [1.807, 2.05) is 0 Å². The number of phenols is 1. The van der Waals surface area contributed by atoms with Gasteiger partial charge in [-0.15, -0.1) is 0 Å². The molecule has 5 rings (SSSR count). The summed E-state index contributed by atoms with van der Waals surface area (Å²) in [5.41, 5.74) is 6.33. The standard InChI is InChI=1S/C23H21ClFN5O4/c24-15-3-1-2-11(20(15)25)9-27-21(32)19-7-12-6-17(12)30(19)23(34)28-16-10-29(22(26)33)18-8-13(31)4-5-14(16)18/h1-5,8,10,12,17,19,31H,6-7,9H2,(H2,26,33)(H,27,32)(H,28,34)/t12-,17-,19+/m1/s1. The summed E-state index contributed by atoms with van der Waals surface area (Å²) in [6.07, 6.45) is 2.69. The number of urea groups is 1. The average Bonchev–Trinajstić information content (AvgIpc) is 3.31. The molecule has 176 valence electrons. The average molecular weight is 486 g/mol. The van der Waals surface area contributed by atoms with E-state index in [2.05, 4.69) is 10.6 Å². The Morgan fingerprint density at radius 1 is 1.21 bits per heavy atom. The summed E-state index contributed by atoms with van der Waals surface area (Å²) in [5.74, 6) is -0.802. The van der Waals surface area contributed by atoms with E-state index >= 15 is 0 Å². The third-order valence-electron chi connectivity index (χ3n) is 6.39. The predicted molar refractivity (Wildman–Crippen MR) is 123 cm³/mol. The summed E-state index contributed by atoms with van der Waals surface area (Å²) in [5, 5.41) is 15.7. The van der Waals surface area contributed by atoms with Gasteiger partial charge in [-0.1, -0.05) is 23.7 Å². The first-order chi connectivity index (χ1) is 16.2. The second-order valence-corrected chi connectivity index (χ2v) is 8.94. The number of phenolic OH excluding ortho intramolecular Hbond substituents is 1. The molecule has 2 fully saturated rings. The minimum atomic E-state index is -0.773. The number of fused-ring (bicyclic) bond motifs is 2. The number of amides is 4. The van der Waals surface area contributed by atoms with Crippen molar-refractivity contribution in [1.29, 1.82) is 0 Å². The van der Waals surface area contributed by atoms with Crippen LogP contribution in [0.1, 0.15) is 18.4 Å². The molecule has 1 aromatic heterocycles. The Bertz CT molecular complexity index is 1340. The van der Waals surface area contributed by atoms with Crippen molar-refractivity contribution in [3.63, 3.8) is 0 Å². The number of nitrogens with two attached hydrogens (primary N) is 1. The third-order valence-corrected chi connectivity index (χ3v) is 6.69. The number of rotatable bonds is 4. The minimum absolute atomic E-state index is 0.0293. The molecule has 1 saturated carbocycles. The first kappa shape index (κ1) is 22.0. The molecule has 2 aromatic carbocycles. The molecule has 1 aliphatic heterocycles. The van der Waals surface area contributed by atoms with Gasteiger partial charge >= 0.3 is 12.1 Å². The summed E-state index contributed by atoms with van der Waals surface area (Å²) < 4.78 is 15.3. The molecule has 11 heteroatoms. The fraction of sp³-hybridized carbons (Fsp3) is 0.261. The van der Waals surface area contributed by atoms with E-state index < -0.39 is 23.9 Å². The van der Waals surface area contributed by atoms with Crippen LogP contribution in [0, 0.1) is 11.7 Å². The van der Waals surface area contributed by atoms with Crippen molar-refractivity contribution in [2.24, 2.45) is 11.7 Å². The molecule has 3 aromatic rings. The zero-order valence-electron chi connectivity index (χ0n) is 17.8. The van der Waals surface area contributed by atoms with Crippen LogP contribution in [0.4, 0.5) is 19.7 Å². The predicted octanol–water partition coefficient (Wildman–Crippen LogP) is 3.38. The summed E-state index contributed by atoms with van der Waals surface area (Å²) in [6.45, 7) is -0.0535. The third kappa shape index (κ3) is 3.79. The Labute approximate surface area is 198 Å². The van der Waals surface area contributed by atoms with E-state index in [1.54, 1.807) is 12.1 Å². The van der Waals surface area contributed by atoms with Crippen molar-refractivity contribution < 1.29 is 23.9 Å². The van der Waals surface area contributed by atoms with Gasteiger partial charge in [-0.2, -0.15) is 0 Å². The Morgan fingerprint density at radius 2 is 2.00 bits per heavy atom. The maximum absolute atomic E-state index is 14.1. The number of carbonyl (C=O) groups is 3. The lowest BCUT2D eigenvalue weighted by Crippen LogP contribution is -2.49. The number of likely N-dealkylation sites (tertiary alicyclic amines) is 1. The van der Waals surface area contributed by atoms with E-state index in [4.69, 9.17) is 17.3 Å². The van der Waals surface area contributed by atoms with Crippen LogP contribution in [-0.4, -0.2) is 44.6 Å². The monoisotopic (exact) mass is 485 g/mol. The second-order valence-electron chi connectivity index (χ2n) is 8.54. The largest absolute Gasteiger partial charge is 0.508 e. The van der Waals surface area contributed by atoms with Gasteiger partial charge in [0.15, 0.2) is 0 Å². The molecule has 4 amide bonds. The van der Waals surface area contributed by atoms with Gasteiger partial charge in [0, 0.05) is 35.8 Å². The number of primary amides is 1. The van der Waals surface area contributed by atoms with Crippen LogP contribution < -0.4 is 16.4 Å². The highest BCUT2D eigenvalue weighted by Crippen LogP contribution is 2.48. The number of aromatic nitrogens is 1. The molecule has 0 bridgehead atoms. The topological polar surface area (TPSA) is 130 Å². The number of nitrogens with zero attached hydrogens (tertiary/aromatic N) is 2. The smallest absolute Gasteiger partial charge is 0.323 e. The van der Waals surface area contributed by atoms with E-state index in [0.29, 0.717) is 23.0 Å². The second kappa shape index (κ2) is 8.21. The van der Waals surface area contributed by atoms with Gasteiger partial charge in [0.25, 0.3) is 0 Å². The minimum Gasteiger partial charge on any atom is -0.508 e. The molecule has 34 heavy (non-hydrogen) atoms. The molecule has 0 unspecified atom stereocenters. The van der Waals surface area contributed by atoms with Crippen molar-refractivity contribution in [2.45, 2.75) is 31.5 Å². The first-order valence-electron chi connectivity index (χ1n) is 10.7. The highest BCUT2D eigenvalue weighted by atomic mass is 35.5. The number of anilines is 1. The van der Waals surface area contributed by atoms with Gasteiger partial charge in [0.2, 0.25) is 5.91 Å². The Balaban J connectivity index is 1.34. The maximum Gasteiger partial charge on any atom is 0.323 e. The van der Waals surface area contributed by atoms with Crippen LogP contribution in [0.5, 0.6) is 5.75 Å². The molecule has 0 radical (unpaired) electrons. The quantitative estimate of drug-likeness (QED) is 0.451. The highest BCUT2D eigenvalue weighted by Gasteiger charge is 2.56. The first-order valence-corrected chi connectivity index (χ1v) is 11.1. The van der Waals surface area contributed by atoms with E-state index in [-0.39, 0.29) is 40.7 Å². The molecule has 2 heterocycles. The number of hydrogen-bond acceptors (Lipinski definition) is 4. The van der Waals surface area contributed by atoms with Gasteiger partial charge in [-0.3, -0.25) is 9.36 Å². The van der Waals surface area contributed by atoms with Gasteiger partial charge in [-0.05, 0) is 37.0 Å². The molecule has 1 aliphatic carbocycles. The molecule has 5 N–H and O–H groups in total. The summed E-state index contributed by atoms with van der Waals surface area (Å²) >= 11 is 5.80. The zero-order chi connectivity index (χ0) is 24.1. The normalized spacial score (nSPS) is 20.8. The number of carbonyl (C=O) groups excluding carboxylic acids is 3. The van der Waals surface area contributed by atoms with Crippen molar-refractivity contribution in [3.05, 3.63) is 59.0 Å². The van der Waals surface area contributed by atoms with Crippen LogP contribution in [0.2, 0.25) is 5.02 Å². The summed E-state index contributed by atoms with van der Waals surface area (Å²) in [4.78, 5) is 39.4. The fourth-order valence-corrected chi connectivity index (χ4v) is 4.84. The van der Waals surface area contributed by atoms with Crippen LogP contribution >= 0.6 is 11.6 Å². The van der Waals surface area contributed by atoms with Crippen LogP contribution in [-0.2, 0) is 11.3 Å². The molecule has 3 atom stereocenters. The van der Waals surface area contributed by atoms with Gasteiger partial charge in [0.05, 0.1) is 16.2 Å². The molecular weight excluding hydrogens is 465 g/mol. The van der Waals surface area contributed by atoms with Crippen molar-refractivity contribution >= 4 is 46.2 Å². The van der Waals surface area contributed by atoms with Crippen molar-refractivity contribution in [3.8, 4) is 5.75 Å². The Kier molecular flexibility index (Phi) is 5.32. The van der Waals surface area contributed by atoms with E-state index in [9.17, 15) is 23.9 Å². The van der Waals surface area contributed by atoms with Crippen LogP contribution in [0.3, 0.4) is 0 Å². The number of hydrogen-bond donors (Lipinski definition) is 4. The van der Waals surface area contributed by atoms with Crippen molar-refractivity contribution in [1.82, 2.24) is 14.8 Å². The summed E-state index contributed by atoms with van der Waals surface area (Å²) in [6, 6.07) is 6.88. The van der Waals surface area contributed by atoms with E-state index in [0.717, 1.165) is 11.0 Å². The molecule has 9 nitrogen and oxygen atoms in total. The molecule has 1 saturated heterocycles. The number of benzene rings is 2. The Hall–Kier alpha value is -3.79. The van der Waals surface area contributed by atoms with Gasteiger partial charge in [-0.25, -0.2) is 14.0 Å². The lowest BCUT2D eigenvalue weighted by Gasteiger charge is -2.27. The lowest BCUT2D eigenvalue weighted by atomic mass is 10.1. The molecule has 0 spiro atoms. The van der Waals surface area contributed by atoms with Gasteiger partial charge < -0.3 is 26.4 Å². The zero-order valence-corrected chi connectivity index (χ0v) is 18.6. The van der Waals surface area contributed by atoms with Crippen LogP contribution in [0.15, 0.2) is 42.6 Å². The Morgan fingerprint density at radius 3 is 2.76 bits per heavy atom. The summed E-state index contributed by atoms with van der Waals surface area (Å²) in [7, 11) is 0. The van der Waals surface area contributed by atoms with Crippen LogP contribution in [0.25, 0.3) is 10.9 Å². The maximum atomic E-state index is 14.1. The number of aromatic hydroxyl groups is 1.